The second-order valence-electron chi connectivity index (χ2n) is 11.7. The molecule has 0 fully saturated rings. The maximum absolute atomic E-state index is 6.03. The Bertz CT molecular complexity index is 2550. The van der Waals surface area contributed by atoms with E-state index in [-0.39, 0.29) is 0 Å². The van der Waals surface area contributed by atoms with Gasteiger partial charge in [-0.3, -0.25) is 0 Å². The van der Waals surface area contributed by atoms with E-state index in [0.717, 1.165) is 39.4 Å². The van der Waals surface area contributed by atoms with E-state index in [1.807, 2.05) is 41.7 Å². The lowest BCUT2D eigenvalue weighted by molar-refractivity contribution is 0.582. The molecule has 0 aliphatic carbocycles. The van der Waals surface area contributed by atoms with Gasteiger partial charge in [0, 0.05) is 53.2 Å². The van der Waals surface area contributed by atoms with Crippen LogP contribution in [0.25, 0.3) is 87.1 Å². The third kappa shape index (κ3) is 5.21. The van der Waals surface area contributed by atoms with Crippen molar-refractivity contribution in [3.63, 3.8) is 0 Å². The molecule has 3 nitrogen and oxygen atoms in total. The Labute approximate surface area is 292 Å². The van der Waals surface area contributed by atoms with E-state index >= 15 is 0 Å². The van der Waals surface area contributed by atoms with E-state index in [0.29, 0.717) is 0 Å². The van der Waals surface area contributed by atoms with Crippen LogP contribution in [0.5, 0.6) is 0 Å². The van der Waals surface area contributed by atoms with E-state index in [2.05, 4.69) is 127 Å². The molecular formula is C44H28N2OS2. The first-order valence-electron chi connectivity index (χ1n) is 16.1. The Hall–Kier alpha value is -5.88. The molecule has 0 atom stereocenters. The molecule has 4 heterocycles. The summed E-state index contributed by atoms with van der Waals surface area (Å²) < 4.78 is 7.31. The fourth-order valence-corrected chi connectivity index (χ4v) is 8.93. The molecule has 9 aromatic rings. The number of nitrogens with zero attached hydrogens (tertiary/aromatic N) is 2. The van der Waals surface area contributed by atoms with Crippen molar-refractivity contribution in [3.8, 4) is 77.0 Å². The normalized spacial score (nSPS) is 11.3. The zero-order chi connectivity index (χ0) is 32.6. The minimum Gasteiger partial charge on any atom is -0.464 e. The topological polar surface area (TPSA) is 38.9 Å². The highest BCUT2D eigenvalue weighted by atomic mass is 32.1. The van der Waals surface area contributed by atoms with Crippen molar-refractivity contribution in [2.75, 3.05) is 0 Å². The van der Waals surface area contributed by atoms with Gasteiger partial charge in [0.05, 0.1) is 23.2 Å². The van der Waals surface area contributed by atoms with Crippen LogP contribution in [-0.2, 0) is 0 Å². The molecule has 0 saturated carbocycles. The number of hydrogen-bond donors (Lipinski definition) is 0. The van der Waals surface area contributed by atoms with E-state index in [1.165, 1.54) is 47.7 Å². The van der Waals surface area contributed by atoms with E-state index in [1.54, 1.807) is 23.9 Å². The lowest BCUT2D eigenvalue weighted by atomic mass is 9.91. The second kappa shape index (κ2) is 12.6. The quantitative estimate of drug-likeness (QED) is 0.170. The second-order valence-corrected chi connectivity index (χ2v) is 13.7. The Morgan fingerprint density at radius 1 is 0.449 bits per heavy atom. The first kappa shape index (κ1) is 29.3. The summed E-state index contributed by atoms with van der Waals surface area (Å²) >= 11 is 3.62. The summed E-state index contributed by atoms with van der Waals surface area (Å²) in [6.45, 7) is 0. The molecule has 0 amide bonds. The molecule has 5 aromatic carbocycles. The van der Waals surface area contributed by atoms with Crippen LogP contribution in [0.4, 0.5) is 0 Å². The van der Waals surface area contributed by atoms with Gasteiger partial charge in [-0.1, -0.05) is 127 Å². The van der Waals surface area contributed by atoms with Crippen molar-refractivity contribution in [1.82, 2.24) is 9.97 Å². The average Bonchev–Trinajstić information content (AvgIpc) is 3.96. The third-order valence-corrected chi connectivity index (χ3v) is 11.0. The molecule has 5 heteroatoms. The maximum Gasteiger partial charge on any atom is 0.138 e. The number of hydrogen-bond acceptors (Lipinski definition) is 5. The van der Waals surface area contributed by atoms with Crippen LogP contribution in [0, 0.1) is 0 Å². The van der Waals surface area contributed by atoms with E-state index in [4.69, 9.17) is 14.4 Å². The summed E-state index contributed by atoms with van der Waals surface area (Å²) in [6.07, 6.45) is 3.37. The number of rotatable bonds is 7. The first-order valence-corrected chi connectivity index (χ1v) is 17.8. The molecule has 4 aromatic heterocycles. The SMILES string of the molecule is c1ccc(-c2ncnc(-c3ccccc3-c3sccc3-c3ccccc3-c3sc4ccccc4c3-c3ccccc3)c2-c2ccco2)cc1. The van der Waals surface area contributed by atoms with Gasteiger partial charge in [0.15, 0.2) is 0 Å². The van der Waals surface area contributed by atoms with Crippen LogP contribution in [0.1, 0.15) is 0 Å². The van der Waals surface area contributed by atoms with Crippen LogP contribution in [0.3, 0.4) is 0 Å². The predicted octanol–water partition coefficient (Wildman–Crippen LogP) is 13.0. The molecule has 0 aliphatic heterocycles. The van der Waals surface area contributed by atoms with Crippen molar-refractivity contribution >= 4 is 32.8 Å². The minimum atomic E-state index is 0.735. The van der Waals surface area contributed by atoms with Gasteiger partial charge >= 0.3 is 0 Å². The summed E-state index contributed by atoms with van der Waals surface area (Å²) in [5, 5.41) is 3.48. The van der Waals surface area contributed by atoms with Gasteiger partial charge in [-0.15, -0.1) is 22.7 Å². The van der Waals surface area contributed by atoms with E-state index < -0.39 is 0 Å². The molecule has 0 radical (unpaired) electrons. The van der Waals surface area contributed by atoms with Gasteiger partial charge in [0.2, 0.25) is 0 Å². The molecule has 9 rings (SSSR count). The summed E-state index contributed by atoms with van der Waals surface area (Å²) in [6, 6.07) is 53.3. The van der Waals surface area contributed by atoms with Crippen molar-refractivity contribution in [1.29, 1.82) is 0 Å². The summed E-state index contributed by atoms with van der Waals surface area (Å²) in [5.41, 5.74) is 11.8. The van der Waals surface area contributed by atoms with Gasteiger partial charge in [0.1, 0.15) is 12.1 Å². The Morgan fingerprint density at radius 2 is 1.08 bits per heavy atom. The largest absolute Gasteiger partial charge is 0.464 e. The highest BCUT2D eigenvalue weighted by molar-refractivity contribution is 7.23. The summed E-state index contributed by atoms with van der Waals surface area (Å²) in [5.74, 6) is 0.735. The molecule has 0 unspecified atom stereocenters. The molecule has 49 heavy (non-hydrogen) atoms. The van der Waals surface area contributed by atoms with Gasteiger partial charge in [0.25, 0.3) is 0 Å². The molecule has 0 N–H and O–H groups in total. The zero-order valence-corrected chi connectivity index (χ0v) is 27.9. The first-order chi connectivity index (χ1) is 24.3. The Balaban J connectivity index is 1.25. The fourth-order valence-electron chi connectivity index (χ4n) is 6.72. The van der Waals surface area contributed by atoms with Crippen molar-refractivity contribution in [2.45, 2.75) is 0 Å². The van der Waals surface area contributed by atoms with Crippen molar-refractivity contribution in [3.05, 3.63) is 170 Å². The lowest BCUT2D eigenvalue weighted by Crippen LogP contribution is -1.97. The van der Waals surface area contributed by atoms with Crippen molar-refractivity contribution < 1.29 is 4.42 Å². The van der Waals surface area contributed by atoms with Gasteiger partial charge in [-0.05, 0) is 40.8 Å². The predicted molar refractivity (Wildman–Crippen MR) is 206 cm³/mol. The van der Waals surface area contributed by atoms with Crippen molar-refractivity contribution in [2.24, 2.45) is 0 Å². The maximum atomic E-state index is 6.03. The molecule has 0 aliphatic rings. The standard InChI is InChI=1S/C44H28N2OS2/c1-3-14-29(15-4-1)39-36-22-11-12-24-38(36)49-44(39)33-20-9-7-18-31(33)35-25-27-48-43(35)34-21-10-8-19-32(34)42-40(37-23-13-26-47-37)41(45-28-46-42)30-16-5-2-6-17-30/h1-28H. The smallest absolute Gasteiger partial charge is 0.138 e. The lowest BCUT2D eigenvalue weighted by Gasteiger charge is -2.16. The highest BCUT2D eigenvalue weighted by Gasteiger charge is 2.24. The Kier molecular flexibility index (Phi) is 7.54. The average molecular weight is 665 g/mol. The molecule has 0 spiro atoms. The van der Waals surface area contributed by atoms with Crippen LogP contribution >= 0.6 is 22.7 Å². The zero-order valence-electron chi connectivity index (χ0n) is 26.3. The van der Waals surface area contributed by atoms with Crippen LogP contribution in [0.2, 0.25) is 0 Å². The number of fused-ring (bicyclic) bond motifs is 1. The molecular weight excluding hydrogens is 637 g/mol. The fraction of sp³-hybridized carbons (Fsp3) is 0. The van der Waals surface area contributed by atoms with Crippen LogP contribution < -0.4 is 0 Å². The van der Waals surface area contributed by atoms with Crippen LogP contribution in [0.15, 0.2) is 174 Å². The summed E-state index contributed by atoms with van der Waals surface area (Å²) in [7, 11) is 0. The van der Waals surface area contributed by atoms with Gasteiger partial charge in [-0.2, -0.15) is 0 Å². The number of thiophene rings is 2. The third-order valence-electron chi connectivity index (χ3n) is 8.87. The number of benzene rings is 5. The minimum absolute atomic E-state index is 0.735. The van der Waals surface area contributed by atoms with E-state index in [9.17, 15) is 0 Å². The molecule has 232 valence electrons. The summed E-state index contributed by atoms with van der Waals surface area (Å²) in [4.78, 5) is 12.2. The number of aromatic nitrogens is 2. The highest BCUT2D eigenvalue weighted by Crippen LogP contribution is 2.50. The van der Waals surface area contributed by atoms with Gasteiger partial charge < -0.3 is 4.42 Å². The molecule has 0 bridgehead atoms. The van der Waals surface area contributed by atoms with Gasteiger partial charge in [-0.25, -0.2) is 9.97 Å². The Morgan fingerprint density at radius 3 is 1.84 bits per heavy atom. The monoisotopic (exact) mass is 664 g/mol. The van der Waals surface area contributed by atoms with Crippen LogP contribution in [-0.4, -0.2) is 9.97 Å². The number of furan rings is 1. The molecule has 0 saturated heterocycles.